The van der Waals surface area contributed by atoms with Crippen molar-refractivity contribution in [3.05, 3.63) is 65.9 Å². The van der Waals surface area contributed by atoms with Crippen molar-refractivity contribution in [2.24, 2.45) is 5.10 Å². The van der Waals surface area contributed by atoms with Gasteiger partial charge in [0, 0.05) is 28.4 Å². The molecule has 0 fully saturated rings. The van der Waals surface area contributed by atoms with E-state index in [1.165, 1.54) is 5.56 Å². The normalized spacial score (nSPS) is 11.0. The summed E-state index contributed by atoms with van der Waals surface area (Å²) in [7, 11) is 0. The Morgan fingerprint density at radius 3 is 2.79 bits per heavy atom. The molecule has 0 aliphatic heterocycles. The van der Waals surface area contributed by atoms with Crippen LogP contribution in [0.3, 0.4) is 0 Å². The largest absolute Gasteiger partial charge is 0.376 e. The first kappa shape index (κ1) is 15.8. The van der Waals surface area contributed by atoms with Crippen molar-refractivity contribution in [1.82, 2.24) is 10.4 Å². The van der Waals surface area contributed by atoms with Crippen LogP contribution in [0.2, 0.25) is 0 Å². The lowest BCUT2D eigenvalue weighted by molar-refractivity contribution is -0.119. The molecule has 0 radical (unpaired) electrons. The van der Waals surface area contributed by atoms with Gasteiger partial charge >= 0.3 is 0 Å². The first-order valence-corrected chi connectivity index (χ1v) is 7.97. The standard InChI is InChI=1S/C19H20N4O/c1-2-14-7-6-10-17-15(11-21-19(14)17)12-22-23-18(24)13-20-16-8-4-3-5-9-16/h3-12,20-21H,2,13H2,1H3,(H,23,24)/b22-12+. The Labute approximate surface area is 140 Å². The number of hydrazone groups is 1. The Morgan fingerprint density at radius 1 is 1.17 bits per heavy atom. The van der Waals surface area contributed by atoms with Crippen LogP contribution < -0.4 is 10.7 Å². The smallest absolute Gasteiger partial charge is 0.259 e. The summed E-state index contributed by atoms with van der Waals surface area (Å²) in [5.41, 5.74) is 6.79. The summed E-state index contributed by atoms with van der Waals surface area (Å²) in [6.07, 6.45) is 4.54. The second-order valence-corrected chi connectivity index (χ2v) is 5.45. The molecule has 0 aliphatic carbocycles. The predicted molar refractivity (Wildman–Crippen MR) is 98.3 cm³/mol. The summed E-state index contributed by atoms with van der Waals surface area (Å²) in [4.78, 5) is 15.1. The van der Waals surface area contributed by atoms with Crippen LogP contribution >= 0.6 is 0 Å². The molecule has 2 aromatic carbocycles. The molecule has 3 N–H and O–H groups in total. The lowest BCUT2D eigenvalue weighted by Gasteiger charge is -2.04. The van der Waals surface area contributed by atoms with E-state index in [0.29, 0.717) is 0 Å². The summed E-state index contributed by atoms with van der Waals surface area (Å²) in [6.45, 7) is 2.30. The number of hydrogen-bond donors (Lipinski definition) is 3. The van der Waals surface area contributed by atoms with Crippen molar-refractivity contribution in [1.29, 1.82) is 0 Å². The van der Waals surface area contributed by atoms with Crippen molar-refractivity contribution in [2.75, 3.05) is 11.9 Å². The van der Waals surface area contributed by atoms with Crippen molar-refractivity contribution < 1.29 is 4.79 Å². The maximum Gasteiger partial charge on any atom is 0.259 e. The Morgan fingerprint density at radius 2 is 2.00 bits per heavy atom. The van der Waals surface area contributed by atoms with E-state index in [4.69, 9.17) is 0 Å². The number of carbonyl (C=O) groups excluding carboxylic acids is 1. The monoisotopic (exact) mass is 320 g/mol. The van der Waals surface area contributed by atoms with Gasteiger partial charge in [-0.15, -0.1) is 0 Å². The Kier molecular flexibility index (Phi) is 4.91. The lowest BCUT2D eigenvalue weighted by atomic mass is 10.1. The van der Waals surface area contributed by atoms with E-state index in [1.807, 2.05) is 48.7 Å². The lowest BCUT2D eigenvalue weighted by Crippen LogP contribution is -2.25. The van der Waals surface area contributed by atoms with Gasteiger partial charge in [-0.1, -0.05) is 43.3 Å². The fourth-order valence-electron chi connectivity index (χ4n) is 2.59. The van der Waals surface area contributed by atoms with Crippen molar-refractivity contribution in [2.45, 2.75) is 13.3 Å². The molecule has 3 aromatic rings. The van der Waals surface area contributed by atoms with Crippen molar-refractivity contribution in [3.63, 3.8) is 0 Å². The van der Waals surface area contributed by atoms with E-state index in [-0.39, 0.29) is 12.5 Å². The molecule has 24 heavy (non-hydrogen) atoms. The van der Waals surface area contributed by atoms with Gasteiger partial charge in [0.05, 0.1) is 12.8 Å². The number of hydrogen-bond acceptors (Lipinski definition) is 3. The molecule has 0 atom stereocenters. The third-order valence-corrected chi connectivity index (χ3v) is 3.83. The van der Waals surface area contributed by atoms with Gasteiger partial charge in [0.1, 0.15) is 0 Å². The Bertz CT molecular complexity index is 852. The second-order valence-electron chi connectivity index (χ2n) is 5.45. The van der Waals surface area contributed by atoms with E-state index in [9.17, 15) is 4.79 Å². The number of benzene rings is 2. The maximum atomic E-state index is 11.8. The summed E-state index contributed by atoms with van der Waals surface area (Å²) in [5.74, 6) is -0.191. The molecule has 0 saturated heterocycles. The number of aromatic amines is 1. The minimum atomic E-state index is -0.191. The average molecular weight is 320 g/mol. The molecule has 1 heterocycles. The highest BCUT2D eigenvalue weighted by Gasteiger charge is 2.05. The zero-order valence-corrected chi connectivity index (χ0v) is 13.5. The Balaban J connectivity index is 1.59. The van der Waals surface area contributed by atoms with Gasteiger partial charge in [0.15, 0.2) is 0 Å². The molecule has 0 aliphatic rings. The first-order valence-electron chi connectivity index (χ1n) is 7.97. The molecule has 122 valence electrons. The Hall–Kier alpha value is -3.08. The highest BCUT2D eigenvalue weighted by molar-refractivity contribution is 6.00. The van der Waals surface area contributed by atoms with Gasteiger partial charge in [-0.3, -0.25) is 4.79 Å². The van der Waals surface area contributed by atoms with Gasteiger partial charge in [0.25, 0.3) is 5.91 Å². The second kappa shape index (κ2) is 7.46. The number of amides is 1. The predicted octanol–water partition coefficient (Wildman–Crippen LogP) is 3.29. The van der Waals surface area contributed by atoms with Crippen LogP contribution in [0.25, 0.3) is 10.9 Å². The number of H-pyrrole nitrogens is 1. The highest BCUT2D eigenvalue weighted by Crippen LogP contribution is 2.20. The number of rotatable bonds is 6. The van der Waals surface area contributed by atoms with Gasteiger partial charge < -0.3 is 10.3 Å². The fourth-order valence-corrected chi connectivity index (χ4v) is 2.59. The van der Waals surface area contributed by atoms with Crippen LogP contribution in [-0.2, 0) is 11.2 Å². The SMILES string of the molecule is CCc1cccc2c(/C=N/NC(=O)CNc3ccccc3)c[nH]c12. The van der Waals surface area contributed by atoms with E-state index in [1.54, 1.807) is 6.21 Å². The number of aromatic nitrogens is 1. The molecular formula is C19H20N4O. The molecule has 1 aromatic heterocycles. The first-order chi connectivity index (χ1) is 11.8. The third-order valence-electron chi connectivity index (χ3n) is 3.83. The number of nitrogens with one attached hydrogen (secondary N) is 3. The van der Waals surface area contributed by atoms with Gasteiger partial charge in [-0.25, -0.2) is 5.43 Å². The van der Waals surface area contributed by atoms with Gasteiger partial charge in [-0.2, -0.15) is 5.10 Å². The number of nitrogens with zero attached hydrogens (tertiary/aromatic N) is 1. The zero-order valence-electron chi connectivity index (χ0n) is 13.5. The molecule has 0 unspecified atom stereocenters. The molecule has 0 bridgehead atoms. The summed E-state index contributed by atoms with van der Waals surface area (Å²) in [6, 6.07) is 15.8. The fraction of sp³-hybridized carbons (Fsp3) is 0.158. The highest BCUT2D eigenvalue weighted by atomic mass is 16.2. The van der Waals surface area contributed by atoms with Crippen molar-refractivity contribution in [3.8, 4) is 0 Å². The molecule has 5 heteroatoms. The summed E-state index contributed by atoms with van der Waals surface area (Å²) >= 11 is 0. The molecule has 1 amide bonds. The van der Waals surface area contributed by atoms with Gasteiger partial charge in [0.2, 0.25) is 0 Å². The average Bonchev–Trinajstić information content (AvgIpc) is 3.04. The van der Waals surface area contributed by atoms with Crippen LogP contribution in [0.4, 0.5) is 5.69 Å². The molecule has 0 spiro atoms. The summed E-state index contributed by atoms with van der Waals surface area (Å²) in [5, 5.41) is 8.19. The molecular weight excluding hydrogens is 300 g/mol. The van der Waals surface area contributed by atoms with E-state index >= 15 is 0 Å². The van der Waals surface area contributed by atoms with Crippen molar-refractivity contribution >= 4 is 28.7 Å². The van der Waals surface area contributed by atoms with Crippen LogP contribution in [0.15, 0.2) is 59.8 Å². The van der Waals surface area contributed by atoms with Crippen LogP contribution in [0.1, 0.15) is 18.1 Å². The van der Waals surface area contributed by atoms with Gasteiger partial charge in [-0.05, 0) is 24.1 Å². The quantitative estimate of drug-likeness (QED) is 0.482. The molecule has 3 rings (SSSR count). The number of aryl methyl sites for hydroxylation is 1. The van der Waals surface area contributed by atoms with Crippen LogP contribution in [0, 0.1) is 0 Å². The van der Waals surface area contributed by atoms with E-state index in [2.05, 4.69) is 33.8 Å². The number of carbonyl (C=O) groups is 1. The van der Waals surface area contributed by atoms with Crippen LogP contribution in [0.5, 0.6) is 0 Å². The van der Waals surface area contributed by atoms with E-state index in [0.717, 1.165) is 28.6 Å². The summed E-state index contributed by atoms with van der Waals surface area (Å²) < 4.78 is 0. The third kappa shape index (κ3) is 3.63. The van der Waals surface area contributed by atoms with Crippen LogP contribution in [-0.4, -0.2) is 23.7 Å². The maximum absolute atomic E-state index is 11.8. The minimum Gasteiger partial charge on any atom is -0.376 e. The number of anilines is 1. The molecule has 0 saturated carbocycles. The zero-order chi connectivity index (χ0) is 16.8. The topological polar surface area (TPSA) is 69.3 Å². The minimum absolute atomic E-state index is 0.176. The van der Waals surface area contributed by atoms with E-state index < -0.39 is 0 Å². The molecule has 5 nitrogen and oxygen atoms in total. The number of fused-ring (bicyclic) bond motifs is 1. The number of para-hydroxylation sites is 2.